The van der Waals surface area contributed by atoms with Gasteiger partial charge in [0.2, 0.25) is 0 Å². The summed E-state index contributed by atoms with van der Waals surface area (Å²) in [5, 5.41) is 1.11. The van der Waals surface area contributed by atoms with Gasteiger partial charge in [0.1, 0.15) is 10.5 Å². The maximum atomic E-state index is 5.29. The van der Waals surface area contributed by atoms with Crippen LogP contribution in [0.25, 0.3) is 0 Å². The minimum absolute atomic E-state index is 0.481. The molecule has 2 nitrogen and oxygen atoms in total. The Kier molecular flexibility index (Phi) is 3.50. The van der Waals surface area contributed by atoms with Crippen LogP contribution in [0.4, 0.5) is 0 Å². The minimum atomic E-state index is 0.481. The molecule has 1 saturated carbocycles. The molecule has 0 spiro atoms. The second kappa shape index (κ2) is 4.94. The van der Waals surface area contributed by atoms with Crippen LogP contribution in [0, 0.1) is 4.64 Å². The third-order valence-corrected chi connectivity index (χ3v) is 6.56. The quantitative estimate of drug-likeness (QED) is 0.833. The lowest BCUT2D eigenvalue weighted by Gasteiger charge is -2.27. The van der Waals surface area contributed by atoms with E-state index in [1.54, 1.807) is 0 Å². The largest absolute Gasteiger partial charge is 0.346 e. The fraction of sp³-hybridized carbons (Fsp3) is 0.667. The molecule has 3 rings (SSSR count). The molecule has 0 bridgehead atoms. The van der Waals surface area contributed by atoms with Crippen molar-refractivity contribution in [3.63, 3.8) is 0 Å². The predicted octanol–water partition coefficient (Wildman–Crippen LogP) is 3.93. The Labute approximate surface area is 115 Å². The highest BCUT2D eigenvalue weighted by molar-refractivity contribution is 8.06. The number of nitrogens with zero attached hydrogens (tertiary/aromatic N) is 1. The van der Waals surface area contributed by atoms with Crippen LogP contribution in [-0.4, -0.2) is 26.7 Å². The fourth-order valence-electron chi connectivity index (χ4n) is 2.18. The second-order valence-electron chi connectivity index (χ2n) is 4.70. The van der Waals surface area contributed by atoms with E-state index in [2.05, 4.69) is 16.9 Å². The first-order valence-corrected chi connectivity index (χ1v) is 8.59. The van der Waals surface area contributed by atoms with Crippen LogP contribution >= 0.6 is 35.7 Å². The monoisotopic (exact) mass is 284 g/mol. The zero-order chi connectivity index (χ0) is 11.8. The van der Waals surface area contributed by atoms with Crippen molar-refractivity contribution in [3.05, 3.63) is 22.2 Å². The second-order valence-corrected chi connectivity index (χ2v) is 7.85. The summed E-state index contributed by atoms with van der Waals surface area (Å²) in [6.45, 7) is 2.30. The first-order valence-electron chi connectivity index (χ1n) is 6.08. The van der Waals surface area contributed by atoms with E-state index in [1.807, 2.05) is 29.6 Å². The molecule has 2 heterocycles. The van der Waals surface area contributed by atoms with Crippen LogP contribution in [0.2, 0.25) is 0 Å². The predicted molar refractivity (Wildman–Crippen MR) is 78.5 cm³/mol. The maximum absolute atomic E-state index is 5.29. The highest BCUT2D eigenvalue weighted by atomic mass is 32.2. The van der Waals surface area contributed by atoms with Crippen molar-refractivity contribution in [2.24, 2.45) is 0 Å². The normalized spacial score (nSPS) is 29.2. The van der Waals surface area contributed by atoms with Gasteiger partial charge in [-0.1, -0.05) is 19.1 Å². The first kappa shape index (κ1) is 12.1. The summed E-state index contributed by atoms with van der Waals surface area (Å²) in [6.07, 6.45) is 2.60. The van der Waals surface area contributed by atoms with Gasteiger partial charge in [0.15, 0.2) is 0 Å². The van der Waals surface area contributed by atoms with Gasteiger partial charge in [-0.15, -0.1) is 11.8 Å². The molecule has 2 atom stereocenters. The molecule has 5 heteroatoms. The van der Waals surface area contributed by atoms with Crippen LogP contribution in [0.5, 0.6) is 0 Å². The molecule has 2 aliphatic rings. The lowest BCUT2D eigenvalue weighted by Crippen LogP contribution is -2.18. The molecular formula is C12H16N2S3. The van der Waals surface area contributed by atoms with Crippen molar-refractivity contribution >= 4 is 35.7 Å². The number of thioether (sulfide) groups is 2. The maximum Gasteiger partial charge on any atom is 0.130 e. The molecule has 1 saturated heterocycles. The SMILES string of the molecule is CC1SCCSC1c1nc(=S)cc(C2CC2)[nH]1. The van der Waals surface area contributed by atoms with E-state index in [4.69, 9.17) is 12.2 Å². The molecule has 2 unspecified atom stereocenters. The Morgan fingerprint density at radius 1 is 1.35 bits per heavy atom. The van der Waals surface area contributed by atoms with E-state index in [0.717, 1.165) is 16.4 Å². The van der Waals surface area contributed by atoms with Gasteiger partial charge < -0.3 is 4.98 Å². The van der Waals surface area contributed by atoms with Crippen LogP contribution in [0.15, 0.2) is 6.07 Å². The third kappa shape index (κ3) is 2.71. The van der Waals surface area contributed by atoms with E-state index in [-0.39, 0.29) is 0 Å². The number of hydrogen-bond donors (Lipinski definition) is 1. The summed E-state index contributed by atoms with van der Waals surface area (Å²) in [6, 6.07) is 2.04. The molecule has 2 fully saturated rings. The Bertz CT molecular complexity index is 467. The molecule has 92 valence electrons. The molecular weight excluding hydrogens is 268 g/mol. The van der Waals surface area contributed by atoms with Crippen LogP contribution < -0.4 is 0 Å². The van der Waals surface area contributed by atoms with E-state index in [9.17, 15) is 0 Å². The zero-order valence-corrected chi connectivity index (χ0v) is 12.3. The smallest absolute Gasteiger partial charge is 0.130 e. The lowest BCUT2D eigenvalue weighted by atomic mass is 10.2. The third-order valence-electron chi connectivity index (χ3n) is 3.26. The molecule has 0 aromatic carbocycles. The summed E-state index contributed by atoms with van der Waals surface area (Å²) < 4.78 is 0.754. The Balaban J connectivity index is 1.92. The molecule has 0 radical (unpaired) electrons. The standard InChI is InChI=1S/C12H16N2S3/c1-7-11(17-5-4-16-7)12-13-9(8-2-3-8)6-10(15)14-12/h6-8,11H,2-5H2,1H3,(H,13,14,15). The summed E-state index contributed by atoms with van der Waals surface area (Å²) in [7, 11) is 0. The summed E-state index contributed by atoms with van der Waals surface area (Å²) in [5.74, 6) is 4.29. The van der Waals surface area contributed by atoms with E-state index in [1.165, 1.54) is 30.0 Å². The summed E-state index contributed by atoms with van der Waals surface area (Å²) in [5.41, 5.74) is 1.31. The Morgan fingerprint density at radius 3 is 2.82 bits per heavy atom. The molecule has 17 heavy (non-hydrogen) atoms. The summed E-state index contributed by atoms with van der Waals surface area (Å²) >= 11 is 9.35. The van der Waals surface area contributed by atoms with Crippen LogP contribution in [-0.2, 0) is 0 Å². The van der Waals surface area contributed by atoms with Gasteiger partial charge >= 0.3 is 0 Å². The first-order chi connectivity index (χ1) is 8.24. The highest BCUT2D eigenvalue weighted by Gasteiger charge is 2.29. The van der Waals surface area contributed by atoms with E-state index in [0.29, 0.717) is 10.5 Å². The van der Waals surface area contributed by atoms with E-state index < -0.39 is 0 Å². The molecule has 1 aliphatic carbocycles. The number of hydrogen-bond acceptors (Lipinski definition) is 4. The van der Waals surface area contributed by atoms with Gasteiger partial charge in [-0.05, 0) is 24.8 Å². The zero-order valence-electron chi connectivity index (χ0n) is 9.81. The van der Waals surface area contributed by atoms with Gasteiger partial charge in [0.25, 0.3) is 0 Å². The van der Waals surface area contributed by atoms with Crippen molar-refractivity contribution in [2.75, 3.05) is 11.5 Å². The average molecular weight is 284 g/mol. The Morgan fingerprint density at radius 2 is 2.12 bits per heavy atom. The minimum Gasteiger partial charge on any atom is -0.346 e. The molecule has 0 amide bonds. The molecule has 1 aromatic heterocycles. The topological polar surface area (TPSA) is 28.7 Å². The van der Waals surface area contributed by atoms with Crippen molar-refractivity contribution in [1.82, 2.24) is 9.97 Å². The lowest BCUT2D eigenvalue weighted by molar-refractivity contribution is 0.798. The fourth-order valence-corrected chi connectivity index (χ4v) is 5.11. The molecule has 1 N–H and O–H groups in total. The number of aromatic nitrogens is 2. The van der Waals surface area contributed by atoms with Gasteiger partial charge in [-0.3, -0.25) is 0 Å². The summed E-state index contributed by atoms with van der Waals surface area (Å²) in [4.78, 5) is 8.08. The molecule has 1 aliphatic heterocycles. The average Bonchev–Trinajstić information content (AvgIpc) is 3.12. The number of H-pyrrole nitrogens is 1. The van der Waals surface area contributed by atoms with Crippen LogP contribution in [0.3, 0.4) is 0 Å². The van der Waals surface area contributed by atoms with Gasteiger partial charge in [0, 0.05) is 22.4 Å². The molecule has 1 aromatic rings. The van der Waals surface area contributed by atoms with Crippen molar-refractivity contribution < 1.29 is 0 Å². The van der Waals surface area contributed by atoms with Crippen molar-refractivity contribution in [1.29, 1.82) is 0 Å². The van der Waals surface area contributed by atoms with Gasteiger partial charge in [-0.2, -0.15) is 11.8 Å². The van der Waals surface area contributed by atoms with E-state index >= 15 is 0 Å². The highest BCUT2D eigenvalue weighted by Crippen LogP contribution is 2.43. The number of nitrogens with one attached hydrogen (secondary N) is 1. The van der Waals surface area contributed by atoms with Crippen molar-refractivity contribution in [3.8, 4) is 0 Å². The number of rotatable bonds is 2. The van der Waals surface area contributed by atoms with Gasteiger partial charge in [-0.25, -0.2) is 4.98 Å². The van der Waals surface area contributed by atoms with Gasteiger partial charge in [0.05, 0.1) is 5.25 Å². The van der Waals surface area contributed by atoms with Crippen LogP contribution in [0.1, 0.15) is 42.5 Å². The van der Waals surface area contributed by atoms with Crippen molar-refractivity contribution in [2.45, 2.75) is 36.2 Å². The Hall–Kier alpha value is -0.0000000000000000555. The number of aromatic amines is 1.